The second-order valence-electron chi connectivity index (χ2n) is 5.52. The van der Waals surface area contributed by atoms with Crippen molar-refractivity contribution in [3.05, 3.63) is 0 Å². The Balaban J connectivity index is 1.77. The van der Waals surface area contributed by atoms with Crippen LogP contribution in [0, 0.1) is 0 Å². The van der Waals surface area contributed by atoms with E-state index in [1.54, 1.807) is 0 Å². The Morgan fingerprint density at radius 2 is 1.47 bits per heavy atom. The summed E-state index contributed by atoms with van der Waals surface area (Å²) in [5.74, 6) is 0. The molecule has 88 valence electrons. The summed E-state index contributed by atoms with van der Waals surface area (Å²) in [4.78, 5) is 5.17. The summed E-state index contributed by atoms with van der Waals surface area (Å²) in [6.45, 7) is 2.74. The molecule has 0 aromatic heterocycles. The van der Waals surface area contributed by atoms with E-state index in [1.807, 2.05) is 0 Å². The van der Waals surface area contributed by atoms with Crippen molar-refractivity contribution in [3.8, 4) is 0 Å². The maximum absolute atomic E-state index is 2.76. The second-order valence-corrected chi connectivity index (χ2v) is 5.52. The van der Waals surface area contributed by atoms with Crippen LogP contribution in [0.5, 0.6) is 0 Å². The Morgan fingerprint density at radius 1 is 0.867 bits per heavy atom. The first-order valence-corrected chi connectivity index (χ1v) is 6.68. The van der Waals surface area contributed by atoms with Gasteiger partial charge in [0.1, 0.15) is 0 Å². The van der Waals surface area contributed by atoms with Crippen molar-refractivity contribution in [2.45, 2.75) is 57.0 Å². The molecule has 1 saturated heterocycles. The summed E-state index contributed by atoms with van der Waals surface area (Å²) in [6, 6.07) is 1.77. The molecule has 2 fully saturated rings. The van der Waals surface area contributed by atoms with Crippen LogP contribution >= 0.6 is 0 Å². The third kappa shape index (κ3) is 2.94. The molecular weight excluding hydrogens is 184 g/mol. The van der Waals surface area contributed by atoms with Gasteiger partial charge in [0.25, 0.3) is 0 Å². The van der Waals surface area contributed by atoms with E-state index in [4.69, 9.17) is 0 Å². The van der Waals surface area contributed by atoms with Crippen LogP contribution in [0.25, 0.3) is 0 Å². The second kappa shape index (κ2) is 5.31. The van der Waals surface area contributed by atoms with Crippen molar-refractivity contribution in [1.82, 2.24) is 9.80 Å². The van der Waals surface area contributed by atoms with Gasteiger partial charge in [-0.1, -0.05) is 6.42 Å². The molecule has 2 aliphatic rings. The summed E-state index contributed by atoms with van der Waals surface area (Å²) in [6.07, 6.45) is 10.0. The molecule has 0 radical (unpaired) electrons. The molecule has 0 aromatic rings. The van der Waals surface area contributed by atoms with Crippen molar-refractivity contribution < 1.29 is 0 Å². The lowest BCUT2D eigenvalue weighted by Crippen LogP contribution is -2.44. The van der Waals surface area contributed by atoms with Crippen LogP contribution in [0.3, 0.4) is 0 Å². The van der Waals surface area contributed by atoms with Crippen molar-refractivity contribution in [1.29, 1.82) is 0 Å². The highest BCUT2D eigenvalue weighted by Gasteiger charge is 2.27. The molecule has 1 aliphatic carbocycles. The number of rotatable bonds is 2. The number of nitrogens with zero attached hydrogens (tertiary/aromatic N) is 2. The minimum Gasteiger partial charge on any atom is -0.306 e. The zero-order valence-electron chi connectivity index (χ0n) is 10.4. The largest absolute Gasteiger partial charge is 0.306 e. The Hall–Kier alpha value is -0.0800. The first kappa shape index (κ1) is 11.4. The predicted octanol–water partition coefficient (Wildman–Crippen LogP) is 2.35. The van der Waals surface area contributed by atoms with Crippen LogP contribution in [0.15, 0.2) is 0 Å². The molecule has 2 heteroatoms. The van der Waals surface area contributed by atoms with Crippen LogP contribution in [-0.2, 0) is 0 Å². The van der Waals surface area contributed by atoms with Crippen LogP contribution in [0.2, 0.25) is 0 Å². The lowest BCUT2D eigenvalue weighted by molar-refractivity contribution is 0.101. The highest BCUT2D eigenvalue weighted by atomic mass is 15.2. The van der Waals surface area contributed by atoms with E-state index in [2.05, 4.69) is 23.9 Å². The molecule has 0 N–H and O–H groups in total. The molecular formula is C13H26N2. The molecule has 2 nitrogen and oxygen atoms in total. The minimum absolute atomic E-state index is 0.853. The molecule has 0 atom stereocenters. The third-order valence-electron chi connectivity index (χ3n) is 4.30. The number of hydrogen-bond acceptors (Lipinski definition) is 2. The summed E-state index contributed by atoms with van der Waals surface area (Å²) < 4.78 is 0. The van der Waals surface area contributed by atoms with Gasteiger partial charge in [-0.2, -0.15) is 0 Å². The van der Waals surface area contributed by atoms with Crippen LogP contribution in [0.4, 0.5) is 0 Å². The van der Waals surface area contributed by atoms with Gasteiger partial charge in [0.05, 0.1) is 0 Å². The van der Waals surface area contributed by atoms with Crippen molar-refractivity contribution in [2.24, 2.45) is 0 Å². The molecule has 0 bridgehead atoms. The quantitative estimate of drug-likeness (QED) is 0.690. The highest BCUT2D eigenvalue weighted by Crippen LogP contribution is 2.27. The average molecular weight is 210 g/mol. The first-order chi connectivity index (χ1) is 7.27. The maximum atomic E-state index is 2.76. The molecule has 2 rings (SSSR count). The van der Waals surface area contributed by atoms with Gasteiger partial charge in [0.15, 0.2) is 0 Å². The molecule has 0 amide bonds. The normalized spacial score (nSPS) is 34.6. The smallest absolute Gasteiger partial charge is 0.00964 e. The first-order valence-electron chi connectivity index (χ1n) is 6.68. The molecule has 15 heavy (non-hydrogen) atoms. The zero-order chi connectivity index (χ0) is 10.7. The monoisotopic (exact) mass is 210 g/mol. The summed E-state index contributed by atoms with van der Waals surface area (Å²) >= 11 is 0. The topological polar surface area (TPSA) is 6.48 Å². The van der Waals surface area contributed by atoms with E-state index in [1.165, 1.54) is 58.0 Å². The van der Waals surface area contributed by atoms with Gasteiger partial charge in [0.2, 0.25) is 0 Å². The number of hydrogen-bond donors (Lipinski definition) is 0. The number of likely N-dealkylation sites (tertiary alicyclic amines) is 1. The fraction of sp³-hybridized carbons (Fsp3) is 1.00. The van der Waals surface area contributed by atoms with Crippen LogP contribution < -0.4 is 0 Å². The summed E-state index contributed by atoms with van der Waals surface area (Å²) in [5, 5.41) is 0. The molecule has 0 spiro atoms. The van der Waals surface area contributed by atoms with Crippen molar-refractivity contribution >= 4 is 0 Å². The van der Waals surface area contributed by atoms with Crippen molar-refractivity contribution in [2.75, 3.05) is 27.2 Å². The van der Waals surface area contributed by atoms with Crippen molar-refractivity contribution in [3.63, 3.8) is 0 Å². The molecule has 1 aliphatic heterocycles. The lowest BCUT2D eigenvalue weighted by atomic mass is 9.88. The lowest BCUT2D eigenvalue weighted by Gasteiger charge is -2.40. The number of piperidine rings is 1. The SMILES string of the molecule is CN(C)C1CCC(N2CCCCC2)CC1. The maximum Gasteiger partial charge on any atom is 0.00964 e. The van der Waals surface area contributed by atoms with Crippen LogP contribution in [0.1, 0.15) is 44.9 Å². The Labute approximate surface area is 94.6 Å². The van der Waals surface area contributed by atoms with Gasteiger partial charge >= 0.3 is 0 Å². The molecule has 1 heterocycles. The van der Waals surface area contributed by atoms with E-state index >= 15 is 0 Å². The van der Waals surface area contributed by atoms with Gasteiger partial charge in [-0.05, 0) is 65.7 Å². The highest BCUT2D eigenvalue weighted by molar-refractivity contribution is 4.83. The van der Waals surface area contributed by atoms with Gasteiger partial charge in [-0.3, -0.25) is 0 Å². The Bertz CT molecular complexity index is 177. The fourth-order valence-electron chi connectivity index (χ4n) is 3.22. The van der Waals surface area contributed by atoms with Gasteiger partial charge in [-0.25, -0.2) is 0 Å². The van der Waals surface area contributed by atoms with Gasteiger partial charge in [-0.15, -0.1) is 0 Å². The van der Waals surface area contributed by atoms with E-state index in [9.17, 15) is 0 Å². The Kier molecular flexibility index (Phi) is 4.04. The molecule has 0 unspecified atom stereocenters. The third-order valence-corrected chi connectivity index (χ3v) is 4.30. The standard InChI is InChI=1S/C13H26N2/c1-14(2)12-6-8-13(9-7-12)15-10-4-3-5-11-15/h12-13H,3-11H2,1-2H3. The van der Waals surface area contributed by atoms with E-state index in [-0.39, 0.29) is 0 Å². The average Bonchev–Trinajstić information content (AvgIpc) is 2.30. The Morgan fingerprint density at radius 3 is 2.00 bits per heavy atom. The van der Waals surface area contributed by atoms with Gasteiger partial charge < -0.3 is 9.80 Å². The van der Waals surface area contributed by atoms with E-state index < -0.39 is 0 Å². The van der Waals surface area contributed by atoms with Crippen LogP contribution in [-0.4, -0.2) is 49.1 Å². The van der Waals surface area contributed by atoms with E-state index in [0.29, 0.717) is 0 Å². The summed E-state index contributed by atoms with van der Waals surface area (Å²) in [5.41, 5.74) is 0. The molecule has 1 saturated carbocycles. The van der Waals surface area contributed by atoms with Gasteiger partial charge in [0, 0.05) is 12.1 Å². The van der Waals surface area contributed by atoms with E-state index in [0.717, 1.165) is 12.1 Å². The predicted molar refractivity (Wildman–Crippen MR) is 65.2 cm³/mol. The summed E-state index contributed by atoms with van der Waals surface area (Å²) in [7, 11) is 4.46. The molecule has 0 aromatic carbocycles. The fourth-order valence-corrected chi connectivity index (χ4v) is 3.22. The zero-order valence-corrected chi connectivity index (χ0v) is 10.4. The minimum atomic E-state index is 0.853.